The quantitative estimate of drug-likeness (QED) is 0.732. The number of rotatable bonds is 5. The van der Waals surface area contributed by atoms with Crippen molar-refractivity contribution < 1.29 is 23.9 Å². The van der Waals surface area contributed by atoms with Crippen LogP contribution >= 0.6 is 11.8 Å². The summed E-state index contributed by atoms with van der Waals surface area (Å²) in [6, 6.07) is 7.05. The molecule has 1 aromatic carbocycles. The van der Waals surface area contributed by atoms with Crippen molar-refractivity contribution in [3.8, 4) is 5.75 Å². The van der Waals surface area contributed by atoms with E-state index in [2.05, 4.69) is 0 Å². The van der Waals surface area contributed by atoms with Crippen molar-refractivity contribution in [3.63, 3.8) is 0 Å². The second-order valence-electron chi connectivity index (χ2n) is 5.78. The second-order valence-corrected chi connectivity index (χ2v) is 6.77. The van der Waals surface area contributed by atoms with E-state index in [-0.39, 0.29) is 23.7 Å². The van der Waals surface area contributed by atoms with Crippen LogP contribution in [0.25, 0.3) is 6.08 Å². The summed E-state index contributed by atoms with van der Waals surface area (Å²) in [6.07, 6.45) is 1.68. The first-order valence-corrected chi connectivity index (χ1v) is 9.24. The van der Waals surface area contributed by atoms with E-state index >= 15 is 0 Å². The Kier molecular flexibility index (Phi) is 5.95. The second kappa shape index (κ2) is 8.37. The van der Waals surface area contributed by atoms with E-state index in [9.17, 15) is 14.4 Å². The number of carbonyl (C=O) groups excluding carboxylic acids is 3. The summed E-state index contributed by atoms with van der Waals surface area (Å²) in [5.41, 5.74) is 0.790. The molecular formula is C18H20N2O5S. The third-order valence-electron chi connectivity index (χ3n) is 4.09. The van der Waals surface area contributed by atoms with E-state index < -0.39 is 0 Å². The number of likely N-dealkylation sites (N-methyl/N-ethyl adjacent to an activating group) is 1. The molecule has 2 fully saturated rings. The Morgan fingerprint density at radius 2 is 1.92 bits per heavy atom. The number of thioether (sulfide) groups is 1. The maximum Gasteiger partial charge on any atom is 0.293 e. The van der Waals surface area contributed by atoms with Crippen LogP contribution in [0.1, 0.15) is 12.5 Å². The van der Waals surface area contributed by atoms with Gasteiger partial charge in [-0.3, -0.25) is 19.3 Å². The number of morpholine rings is 1. The normalized spacial score (nSPS) is 19.3. The van der Waals surface area contributed by atoms with E-state index in [1.165, 1.54) is 4.90 Å². The summed E-state index contributed by atoms with van der Waals surface area (Å²) in [4.78, 5) is 39.2. The number of carbonyl (C=O) groups is 3. The molecule has 0 atom stereocenters. The summed E-state index contributed by atoms with van der Waals surface area (Å²) in [6.45, 7) is 4.42. The van der Waals surface area contributed by atoms with Gasteiger partial charge >= 0.3 is 0 Å². The molecule has 2 aliphatic heterocycles. The van der Waals surface area contributed by atoms with Gasteiger partial charge in [-0.1, -0.05) is 12.1 Å². The molecule has 0 N–H and O–H groups in total. The Labute approximate surface area is 155 Å². The fraction of sp³-hybridized carbons (Fsp3) is 0.389. The van der Waals surface area contributed by atoms with Crippen molar-refractivity contribution in [3.05, 3.63) is 34.7 Å². The van der Waals surface area contributed by atoms with Crippen LogP contribution in [-0.2, 0) is 14.3 Å². The zero-order valence-corrected chi connectivity index (χ0v) is 15.3. The van der Waals surface area contributed by atoms with Crippen molar-refractivity contribution in [1.29, 1.82) is 0 Å². The Hall–Kier alpha value is -2.32. The van der Waals surface area contributed by atoms with Gasteiger partial charge in [0.05, 0.1) is 18.1 Å². The van der Waals surface area contributed by atoms with Crippen molar-refractivity contribution in [2.45, 2.75) is 6.92 Å². The third-order valence-corrected chi connectivity index (χ3v) is 5.00. The number of hydrogen-bond acceptors (Lipinski definition) is 6. The first-order chi connectivity index (χ1) is 12.6. The molecule has 8 heteroatoms. The molecule has 0 aromatic heterocycles. The summed E-state index contributed by atoms with van der Waals surface area (Å²) >= 11 is 0.942. The highest BCUT2D eigenvalue weighted by Gasteiger charge is 2.33. The molecule has 1 aromatic rings. The van der Waals surface area contributed by atoms with Gasteiger partial charge in [0.15, 0.2) is 6.61 Å². The summed E-state index contributed by atoms with van der Waals surface area (Å²) in [5, 5.41) is -0.245. The molecule has 2 saturated heterocycles. The highest BCUT2D eigenvalue weighted by atomic mass is 32.2. The van der Waals surface area contributed by atoms with E-state index in [1.807, 2.05) is 0 Å². The van der Waals surface area contributed by atoms with Crippen LogP contribution in [0.3, 0.4) is 0 Å². The van der Waals surface area contributed by atoms with Crippen LogP contribution in [0.2, 0.25) is 0 Å². The number of hydrogen-bond donors (Lipinski definition) is 0. The topological polar surface area (TPSA) is 76.2 Å². The van der Waals surface area contributed by atoms with Gasteiger partial charge in [0, 0.05) is 19.6 Å². The number of benzene rings is 1. The minimum atomic E-state index is -0.265. The fourth-order valence-electron chi connectivity index (χ4n) is 2.63. The molecule has 0 radical (unpaired) electrons. The van der Waals surface area contributed by atoms with Gasteiger partial charge in [-0.15, -0.1) is 0 Å². The first kappa shape index (κ1) is 18.5. The fourth-order valence-corrected chi connectivity index (χ4v) is 3.54. The molecular weight excluding hydrogens is 356 g/mol. The number of nitrogens with zero attached hydrogens (tertiary/aromatic N) is 2. The average molecular weight is 376 g/mol. The summed E-state index contributed by atoms with van der Waals surface area (Å²) in [7, 11) is 0. The van der Waals surface area contributed by atoms with Crippen LogP contribution in [0.5, 0.6) is 5.75 Å². The zero-order chi connectivity index (χ0) is 18.5. The SMILES string of the molecule is CCN1C(=O)S/C(=C/c2ccc(OCC(=O)N3CCOCC3)cc2)C1=O. The van der Waals surface area contributed by atoms with Crippen molar-refractivity contribution >= 4 is 34.9 Å². The average Bonchev–Trinajstić information content (AvgIpc) is 2.94. The molecule has 26 heavy (non-hydrogen) atoms. The van der Waals surface area contributed by atoms with Gasteiger partial charge in [0.1, 0.15) is 5.75 Å². The van der Waals surface area contributed by atoms with Crippen molar-refractivity contribution in [2.24, 2.45) is 0 Å². The first-order valence-electron chi connectivity index (χ1n) is 8.42. The van der Waals surface area contributed by atoms with Gasteiger partial charge in [0.2, 0.25) is 0 Å². The molecule has 7 nitrogen and oxygen atoms in total. The third kappa shape index (κ3) is 4.25. The Bertz CT molecular complexity index is 726. The summed E-state index contributed by atoms with van der Waals surface area (Å²) < 4.78 is 10.7. The maximum absolute atomic E-state index is 12.1. The number of imide groups is 1. The van der Waals surface area contributed by atoms with E-state index in [0.29, 0.717) is 43.5 Å². The van der Waals surface area contributed by atoms with E-state index in [0.717, 1.165) is 17.3 Å². The largest absolute Gasteiger partial charge is 0.484 e. The lowest BCUT2D eigenvalue weighted by molar-refractivity contribution is -0.137. The number of ether oxygens (including phenoxy) is 2. The Morgan fingerprint density at radius 3 is 2.54 bits per heavy atom. The molecule has 0 spiro atoms. The predicted octanol–water partition coefficient (Wildman–Crippen LogP) is 1.98. The number of amides is 3. The highest BCUT2D eigenvalue weighted by Crippen LogP contribution is 2.32. The lowest BCUT2D eigenvalue weighted by Crippen LogP contribution is -2.42. The molecule has 0 unspecified atom stereocenters. The smallest absolute Gasteiger partial charge is 0.293 e. The van der Waals surface area contributed by atoms with Crippen LogP contribution in [-0.4, -0.2) is 66.3 Å². The van der Waals surface area contributed by atoms with Gasteiger partial charge < -0.3 is 14.4 Å². The molecule has 0 bridgehead atoms. The predicted molar refractivity (Wildman–Crippen MR) is 97.7 cm³/mol. The molecule has 2 heterocycles. The molecule has 0 aliphatic carbocycles. The van der Waals surface area contributed by atoms with Gasteiger partial charge in [-0.05, 0) is 42.5 Å². The van der Waals surface area contributed by atoms with Gasteiger partial charge in [0.25, 0.3) is 17.1 Å². The van der Waals surface area contributed by atoms with Crippen molar-refractivity contribution in [1.82, 2.24) is 9.80 Å². The molecule has 138 valence electrons. The van der Waals surface area contributed by atoms with Crippen LogP contribution < -0.4 is 4.74 Å². The van der Waals surface area contributed by atoms with Crippen molar-refractivity contribution in [2.75, 3.05) is 39.5 Å². The summed E-state index contributed by atoms with van der Waals surface area (Å²) in [5.74, 6) is 0.245. The van der Waals surface area contributed by atoms with Crippen LogP contribution in [0, 0.1) is 0 Å². The lowest BCUT2D eigenvalue weighted by Gasteiger charge is -2.26. The van der Waals surface area contributed by atoms with E-state index in [4.69, 9.17) is 9.47 Å². The standard InChI is InChI=1S/C18H20N2O5S/c1-2-20-17(22)15(26-18(20)23)11-13-3-5-14(6-4-13)25-12-16(21)19-7-9-24-10-8-19/h3-6,11H,2,7-10,12H2,1H3/b15-11+. The molecule has 3 rings (SSSR count). The maximum atomic E-state index is 12.1. The molecule has 2 aliphatic rings. The van der Waals surface area contributed by atoms with Crippen LogP contribution in [0.15, 0.2) is 29.2 Å². The Morgan fingerprint density at radius 1 is 1.23 bits per heavy atom. The molecule has 0 saturated carbocycles. The van der Waals surface area contributed by atoms with Crippen LogP contribution in [0.4, 0.5) is 4.79 Å². The lowest BCUT2D eigenvalue weighted by atomic mass is 10.2. The minimum Gasteiger partial charge on any atom is -0.484 e. The molecule has 3 amide bonds. The van der Waals surface area contributed by atoms with Gasteiger partial charge in [-0.2, -0.15) is 0 Å². The Balaban J connectivity index is 1.57. The van der Waals surface area contributed by atoms with Gasteiger partial charge in [-0.25, -0.2) is 0 Å². The van der Waals surface area contributed by atoms with E-state index in [1.54, 1.807) is 42.2 Å². The zero-order valence-electron chi connectivity index (χ0n) is 14.5. The monoisotopic (exact) mass is 376 g/mol. The highest BCUT2D eigenvalue weighted by molar-refractivity contribution is 8.18. The minimum absolute atomic E-state index is 0.0191.